The third kappa shape index (κ3) is 5.23. The van der Waals surface area contributed by atoms with Gasteiger partial charge in [0.1, 0.15) is 5.69 Å². The van der Waals surface area contributed by atoms with Crippen molar-refractivity contribution in [3.05, 3.63) is 134 Å². The molecule has 0 fully saturated rings. The van der Waals surface area contributed by atoms with Gasteiger partial charge in [-0.2, -0.15) is 0 Å². The molecule has 6 rings (SSSR count). The maximum atomic E-state index is 13.8. The van der Waals surface area contributed by atoms with Gasteiger partial charge < -0.3 is 14.8 Å². The van der Waals surface area contributed by atoms with E-state index in [1.807, 2.05) is 53.2 Å². The first kappa shape index (κ1) is 26.8. The molecular weight excluding hydrogens is 608 g/mol. The van der Waals surface area contributed by atoms with E-state index in [1.54, 1.807) is 52.3 Å². The van der Waals surface area contributed by atoms with E-state index in [4.69, 9.17) is 11.6 Å². The third-order valence-corrected chi connectivity index (χ3v) is 8.29. The van der Waals surface area contributed by atoms with E-state index in [9.17, 15) is 14.4 Å². The second-order valence-corrected chi connectivity index (χ2v) is 10.8. The smallest absolute Gasteiger partial charge is 0.333 e. The van der Waals surface area contributed by atoms with E-state index < -0.39 is 5.91 Å². The molecule has 1 N–H and O–H groups in total. The van der Waals surface area contributed by atoms with Crippen molar-refractivity contribution in [3.8, 4) is 11.4 Å². The van der Waals surface area contributed by atoms with Crippen molar-refractivity contribution in [2.24, 2.45) is 0 Å². The molecule has 2 amide bonds. The number of rotatable bonds is 6. The molecule has 2 aromatic heterocycles. The Balaban J connectivity index is 1.38. The Kier molecular flexibility index (Phi) is 7.34. The Morgan fingerprint density at radius 1 is 0.976 bits per heavy atom. The standard InChI is InChI=1S/C30H24BrClN6O3/c31-24-11-6-21(16-25(24)32)29(40)35-14-15-37-26(18-35)27(28(39)34-17-20-4-2-1-3-5-20)38(30(37)41)23-9-7-22(8-10-23)36-13-12-33-19-36/h1-13,16,19H,14-15,17-18H2,(H,34,39). The number of carbonyl (C=O) groups is 2. The Morgan fingerprint density at radius 3 is 2.44 bits per heavy atom. The van der Waals surface area contributed by atoms with Crippen molar-refractivity contribution in [2.45, 2.75) is 19.6 Å². The molecule has 0 radical (unpaired) electrons. The minimum absolute atomic E-state index is 0.0932. The number of benzene rings is 3. The summed E-state index contributed by atoms with van der Waals surface area (Å²) in [4.78, 5) is 46.7. The zero-order valence-electron chi connectivity index (χ0n) is 21.7. The summed E-state index contributed by atoms with van der Waals surface area (Å²) in [5, 5.41) is 3.39. The number of halogens is 2. The molecule has 5 aromatic rings. The number of nitrogens with one attached hydrogen (secondary N) is 1. The van der Waals surface area contributed by atoms with Gasteiger partial charge in [0.15, 0.2) is 0 Å². The van der Waals surface area contributed by atoms with E-state index in [0.29, 0.717) is 33.0 Å². The fraction of sp³-hybridized carbons (Fsp3) is 0.133. The van der Waals surface area contributed by atoms with Crippen molar-refractivity contribution >= 4 is 39.3 Å². The summed E-state index contributed by atoms with van der Waals surface area (Å²) in [6, 6.07) is 21.9. The number of hydrogen-bond donors (Lipinski definition) is 1. The van der Waals surface area contributed by atoms with Gasteiger partial charge in [0.05, 0.1) is 29.3 Å². The highest BCUT2D eigenvalue weighted by molar-refractivity contribution is 9.10. The van der Waals surface area contributed by atoms with E-state index in [-0.39, 0.29) is 36.9 Å². The van der Waals surface area contributed by atoms with Crippen molar-refractivity contribution in [1.82, 2.24) is 28.9 Å². The predicted molar refractivity (Wildman–Crippen MR) is 159 cm³/mol. The highest BCUT2D eigenvalue weighted by Gasteiger charge is 2.32. The SMILES string of the molecule is O=C(NCc1ccccc1)c1c2n(c(=O)n1-c1ccc(-n3ccnc3)cc1)CCN(C(=O)c1ccc(Br)c(Cl)c1)C2. The average Bonchev–Trinajstić information content (AvgIpc) is 3.64. The molecule has 41 heavy (non-hydrogen) atoms. The minimum Gasteiger partial charge on any atom is -0.347 e. The maximum Gasteiger partial charge on any atom is 0.333 e. The summed E-state index contributed by atoms with van der Waals surface area (Å²) in [6.07, 6.45) is 5.20. The zero-order valence-corrected chi connectivity index (χ0v) is 24.0. The largest absolute Gasteiger partial charge is 0.347 e. The summed E-state index contributed by atoms with van der Waals surface area (Å²) in [6.45, 7) is 0.950. The molecule has 3 aromatic carbocycles. The van der Waals surface area contributed by atoms with Crippen molar-refractivity contribution < 1.29 is 9.59 Å². The van der Waals surface area contributed by atoms with Crippen LogP contribution in [-0.4, -0.2) is 41.9 Å². The van der Waals surface area contributed by atoms with Crippen molar-refractivity contribution in [2.75, 3.05) is 6.54 Å². The number of carbonyl (C=O) groups excluding carboxylic acids is 2. The van der Waals surface area contributed by atoms with E-state index >= 15 is 0 Å². The number of fused-ring (bicyclic) bond motifs is 1. The van der Waals surface area contributed by atoms with Gasteiger partial charge in [-0.1, -0.05) is 41.9 Å². The lowest BCUT2D eigenvalue weighted by Gasteiger charge is -2.28. The van der Waals surface area contributed by atoms with Crippen molar-refractivity contribution in [1.29, 1.82) is 0 Å². The second kappa shape index (κ2) is 11.2. The van der Waals surface area contributed by atoms with Crippen LogP contribution in [-0.2, 0) is 19.6 Å². The number of hydrogen-bond acceptors (Lipinski definition) is 4. The molecule has 0 saturated carbocycles. The Morgan fingerprint density at radius 2 is 1.73 bits per heavy atom. The molecule has 11 heteroatoms. The van der Waals surface area contributed by atoms with Gasteiger partial charge in [-0.05, 0) is 64.0 Å². The van der Waals surface area contributed by atoms with E-state index in [0.717, 1.165) is 11.3 Å². The van der Waals surface area contributed by atoms with Crippen LogP contribution in [0.25, 0.3) is 11.4 Å². The molecule has 9 nitrogen and oxygen atoms in total. The van der Waals surface area contributed by atoms with Crippen molar-refractivity contribution in [3.63, 3.8) is 0 Å². The third-order valence-electron chi connectivity index (χ3n) is 7.05. The predicted octanol–water partition coefficient (Wildman–Crippen LogP) is 4.83. The topological polar surface area (TPSA) is 94.2 Å². The number of nitrogens with zero attached hydrogens (tertiary/aromatic N) is 5. The van der Waals surface area contributed by atoms with Crippen LogP contribution in [0, 0.1) is 0 Å². The monoisotopic (exact) mass is 630 g/mol. The van der Waals surface area contributed by atoms with E-state index in [2.05, 4.69) is 26.2 Å². The van der Waals surface area contributed by atoms with Gasteiger partial charge in [-0.25, -0.2) is 9.78 Å². The molecule has 0 aliphatic carbocycles. The van der Waals surface area contributed by atoms with Gasteiger partial charge >= 0.3 is 5.69 Å². The molecule has 0 bridgehead atoms. The van der Waals surface area contributed by atoms with Crippen LogP contribution < -0.4 is 11.0 Å². The van der Waals surface area contributed by atoms with Crippen LogP contribution >= 0.6 is 27.5 Å². The first-order valence-electron chi connectivity index (χ1n) is 12.9. The summed E-state index contributed by atoms with van der Waals surface area (Å²) in [5.74, 6) is -0.634. The Hall–Kier alpha value is -4.41. The highest BCUT2D eigenvalue weighted by atomic mass is 79.9. The van der Waals surface area contributed by atoms with Gasteiger partial charge in [-0.3, -0.25) is 18.7 Å². The van der Waals surface area contributed by atoms with Crippen LogP contribution in [0.3, 0.4) is 0 Å². The fourth-order valence-corrected chi connectivity index (χ4v) is 5.39. The molecule has 0 saturated heterocycles. The summed E-state index contributed by atoms with van der Waals surface area (Å²) in [5.41, 5.74) is 3.11. The van der Waals surface area contributed by atoms with Gasteiger partial charge in [0.25, 0.3) is 11.8 Å². The van der Waals surface area contributed by atoms with E-state index in [1.165, 1.54) is 4.57 Å². The van der Waals surface area contributed by atoms with Crippen LogP contribution in [0.2, 0.25) is 5.02 Å². The zero-order chi connectivity index (χ0) is 28.5. The van der Waals surface area contributed by atoms with Crippen LogP contribution in [0.15, 0.2) is 101 Å². The highest BCUT2D eigenvalue weighted by Crippen LogP contribution is 2.26. The lowest BCUT2D eigenvalue weighted by molar-refractivity contribution is 0.0706. The summed E-state index contributed by atoms with van der Waals surface area (Å²) in [7, 11) is 0. The molecule has 3 heterocycles. The summed E-state index contributed by atoms with van der Waals surface area (Å²) < 4.78 is 5.55. The summed E-state index contributed by atoms with van der Waals surface area (Å²) >= 11 is 9.60. The lowest BCUT2D eigenvalue weighted by Crippen LogP contribution is -2.41. The second-order valence-electron chi connectivity index (χ2n) is 9.58. The molecule has 206 valence electrons. The number of amides is 2. The first-order chi connectivity index (χ1) is 19.9. The molecule has 0 unspecified atom stereocenters. The quantitative estimate of drug-likeness (QED) is 0.291. The molecule has 1 aliphatic heterocycles. The molecular formula is C30H24BrClN6O3. The van der Waals surface area contributed by atoms with Crippen LogP contribution in [0.4, 0.5) is 0 Å². The lowest BCUT2D eigenvalue weighted by atomic mass is 10.1. The Bertz CT molecular complexity index is 1800. The van der Waals surface area contributed by atoms with Gasteiger partial charge in [0.2, 0.25) is 0 Å². The minimum atomic E-state index is -0.403. The molecule has 0 spiro atoms. The number of imidazole rings is 2. The Labute approximate surface area is 248 Å². The molecule has 1 aliphatic rings. The fourth-order valence-electron chi connectivity index (χ4n) is 4.96. The maximum absolute atomic E-state index is 13.8. The number of aromatic nitrogens is 4. The van der Waals surface area contributed by atoms with Gasteiger partial charge in [-0.15, -0.1) is 0 Å². The van der Waals surface area contributed by atoms with Gasteiger partial charge in [0, 0.05) is 47.8 Å². The molecule has 0 atom stereocenters. The first-order valence-corrected chi connectivity index (χ1v) is 14.1. The normalized spacial score (nSPS) is 12.7. The van der Waals surface area contributed by atoms with Crippen LogP contribution in [0.5, 0.6) is 0 Å². The average molecular weight is 632 g/mol. The van der Waals surface area contributed by atoms with Crippen LogP contribution in [0.1, 0.15) is 32.1 Å².